The van der Waals surface area contributed by atoms with Gasteiger partial charge in [-0.3, -0.25) is 9.59 Å². The van der Waals surface area contributed by atoms with Crippen molar-refractivity contribution < 1.29 is 19.7 Å². The highest BCUT2D eigenvalue weighted by atomic mass is 32.1. The third-order valence-corrected chi connectivity index (χ3v) is 3.80. The number of H-pyrrole nitrogens is 1. The molecule has 0 aliphatic carbocycles. The number of carbonyl (C=O) groups is 1. The minimum absolute atomic E-state index is 0.135. The van der Waals surface area contributed by atoms with Crippen molar-refractivity contribution in [3.05, 3.63) is 44.9 Å². The Kier molecular flexibility index (Phi) is 5.48. The van der Waals surface area contributed by atoms with Crippen molar-refractivity contribution in [2.24, 2.45) is 0 Å². The molecule has 7 heteroatoms. The predicted octanol–water partition coefficient (Wildman–Crippen LogP) is 1.45. The van der Waals surface area contributed by atoms with Crippen LogP contribution in [0.15, 0.2) is 34.4 Å². The number of carbonyl (C=O) groups excluding carboxylic acids is 1. The number of rotatable bonds is 6. The number of aliphatic hydroxyl groups excluding tert-OH is 2. The van der Waals surface area contributed by atoms with Crippen LogP contribution in [0.5, 0.6) is 0 Å². The zero-order valence-corrected chi connectivity index (χ0v) is 12.8. The van der Waals surface area contributed by atoms with Gasteiger partial charge in [-0.1, -0.05) is 35.6 Å². The van der Waals surface area contributed by atoms with Crippen molar-refractivity contribution in [1.29, 1.82) is 0 Å². The van der Waals surface area contributed by atoms with Crippen molar-refractivity contribution in [1.82, 2.24) is 4.98 Å². The summed E-state index contributed by atoms with van der Waals surface area (Å²) in [6, 6.07) is 6.75. The number of aromatic nitrogens is 1. The van der Waals surface area contributed by atoms with E-state index in [0.717, 1.165) is 16.9 Å². The Morgan fingerprint density at radius 3 is 2.55 bits per heavy atom. The van der Waals surface area contributed by atoms with Crippen molar-refractivity contribution in [3.8, 4) is 11.3 Å². The van der Waals surface area contributed by atoms with Crippen LogP contribution in [0.3, 0.4) is 0 Å². The van der Waals surface area contributed by atoms with Gasteiger partial charge in [-0.05, 0) is 18.1 Å². The van der Waals surface area contributed by atoms with Crippen LogP contribution in [-0.2, 0) is 9.53 Å². The fourth-order valence-corrected chi connectivity index (χ4v) is 2.59. The second-order valence-corrected chi connectivity index (χ2v) is 5.55. The molecule has 2 unspecified atom stereocenters. The molecule has 0 amide bonds. The van der Waals surface area contributed by atoms with E-state index < -0.39 is 18.2 Å². The molecule has 3 N–H and O–H groups in total. The van der Waals surface area contributed by atoms with Gasteiger partial charge in [-0.2, -0.15) is 0 Å². The molecule has 1 aromatic carbocycles. The van der Waals surface area contributed by atoms with Gasteiger partial charge >= 0.3 is 10.8 Å². The Hall–Kier alpha value is -1.96. The highest BCUT2D eigenvalue weighted by molar-refractivity contribution is 7.07. The second kappa shape index (κ2) is 7.35. The van der Waals surface area contributed by atoms with Gasteiger partial charge in [-0.25, -0.2) is 0 Å². The molecular formula is C15H17NO5S. The molecule has 22 heavy (non-hydrogen) atoms. The van der Waals surface area contributed by atoms with Gasteiger partial charge in [-0.15, -0.1) is 0 Å². The number of esters is 1. The van der Waals surface area contributed by atoms with Gasteiger partial charge in [0, 0.05) is 5.38 Å². The normalized spacial score (nSPS) is 13.6. The molecular weight excluding hydrogens is 306 g/mol. The Morgan fingerprint density at radius 2 is 2.00 bits per heavy atom. The van der Waals surface area contributed by atoms with Crippen molar-refractivity contribution in [2.75, 3.05) is 6.61 Å². The van der Waals surface area contributed by atoms with Gasteiger partial charge in [0.1, 0.15) is 6.10 Å². The summed E-state index contributed by atoms with van der Waals surface area (Å²) in [5.74, 6) is -0.554. The van der Waals surface area contributed by atoms with Crippen LogP contribution >= 0.6 is 11.3 Å². The summed E-state index contributed by atoms with van der Waals surface area (Å²) in [5.41, 5.74) is 1.98. The van der Waals surface area contributed by atoms with Crippen LogP contribution in [-0.4, -0.2) is 33.9 Å². The van der Waals surface area contributed by atoms with Crippen LogP contribution in [0, 0.1) is 0 Å². The molecule has 2 rings (SSSR count). The molecule has 0 bridgehead atoms. The van der Waals surface area contributed by atoms with E-state index in [4.69, 9.17) is 4.74 Å². The highest BCUT2D eigenvalue weighted by Crippen LogP contribution is 2.23. The number of aromatic amines is 1. The predicted molar refractivity (Wildman–Crippen MR) is 82.6 cm³/mol. The standard InChI is InChI=1S/C15H17NO5S/c1-2-21-13(18)7-12(17)14(19)10-5-3-9(4-6-10)11-8-22-15(20)16-11/h3-6,8,12,14,17,19H,2,7H2,1H3,(H,16,20). The summed E-state index contributed by atoms with van der Waals surface area (Å²) in [5, 5.41) is 21.6. The van der Waals surface area contributed by atoms with Crippen molar-refractivity contribution >= 4 is 17.3 Å². The first-order valence-electron chi connectivity index (χ1n) is 6.81. The first-order chi connectivity index (χ1) is 10.5. The quantitative estimate of drug-likeness (QED) is 0.699. The maximum absolute atomic E-state index is 11.3. The average molecular weight is 323 g/mol. The molecule has 0 aliphatic heterocycles. The minimum atomic E-state index is -1.23. The van der Waals surface area contributed by atoms with Crippen LogP contribution in [0.4, 0.5) is 0 Å². The molecule has 1 heterocycles. The number of nitrogens with one attached hydrogen (secondary N) is 1. The number of aliphatic hydroxyl groups is 2. The highest BCUT2D eigenvalue weighted by Gasteiger charge is 2.22. The van der Waals surface area contributed by atoms with E-state index in [2.05, 4.69) is 4.98 Å². The topological polar surface area (TPSA) is 99.6 Å². The van der Waals surface area contributed by atoms with Gasteiger partial charge in [0.2, 0.25) is 0 Å². The van der Waals surface area contributed by atoms with E-state index in [0.29, 0.717) is 11.3 Å². The fourth-order valence-electron chi connectivity index (χ4n) is 2.01. The summed E-state index contributed by atoms with van der Waals surface area (Å²) >= 11 is 1.07. The fraction of sp³-hybridized carbons (Fsp3) is 0.333. The zero-order chi connectivity index (χ0) is 16.1. The lowest BCUT2D eigenvalue weighted by molar-refractivity contribution is -0.147. The Labute approximate surface area is 131 Å². The van der Waals surface area contributed by atoms with E-state index in [-0.39, 0.29) is 17.9 Å². The third-order valence-electron chi connectivity index (χ3n) is 3.13. The first kappa shape index (κ1) is 16.4. The van der Waals surface area contributed by atoms with E-state index in [1.165, 1.54) is 0 Å². The second-order valence-electron chi connectivity index (χ2n) is 4.71. The summed E-state index contributed by atoms with van der Waals surface area (Å²) in [6.45, 7) is 1.91. The smallest absolute Gasteiger partial charge is 0.308 e. The summed E-state index contributed by atoms with van der Waals surface area (Å²) in [6.07, 6.45) is -2.68. The first-order valence-corrected chi connectivity index (χ1v) is 7.69. The number of benzene rings is 1. The molecule has 0 saturated carbocycles. The molecule has 0 fully saturated rings. The van der Waals surface area contributed by atoms with E-state index in [1.807, 2.05) is 0 Å². The number of thiazole rings is 1. The molecule has 0 radical (unpaired) electrons. The Balaban J connectivity index is 2.06. The number of hydrogen-bond donors (Lipinski definition) is 3. The summed E-state index contributed by atoms with van der Waals surface area (Å²) in [7, 11) is 0. The molecule has 0 spiro atoms. The molecule has 6 nitrogen and oxygen atoms in total. The molecule has 2 aromatic rings. The monoisotopic (exact) mass is 323 g/mol. The Morgan fingerprint density at radius 1 is 1.32 bits per heavy atom. The average Bonchev–Trinajstić information content (AvgIpc) is 2.93. The summed E-state index contributed by atoms with van der Waals surface area (Å²) in [4.78, 5) is 25.0. The molecule has 2 atom stereocenters. The van der Waals surface area contributed by atoms with Gasteiger partial charge in [0.15, 0.2) is 0 Å². The third kappa shape index (κ3) is 4.03. The largest absolute Gasteiger partial charge is 0.466 e. The van der Waals surface area contributed by atoms with Crippen LogP contribution < -0.4 is 4.87 Å². The molecule has 118 valence electrons. The SMILES string of the molecule is CCOC(=O)CC(O)C(O)c1ccc(-c2csc(=O)[nH]2)cc1. The lowest BCUT2D eigenvalue weighted by Gasteiger charge is -2.17. The minimum Gasteiger partial charge on any atom is -0.466 e. The Bertz CT molecular complexity index is 676. The number of hydrogen-bond acceptors (Lipinski definition) is 6. The van der Waals surface area contributed by atoms with E-state index in [1.54, 1.807) is 36.6 Å². The van der Waals surface area contributed by atoms with Crippen LogP contribution in [0.1, 0.15) is 25.0 Å². The van der Waals surface area contributed by atoms with Crippen LogP contribution in [0.2, 0.25) is 0 Å². The molecule has 0 aliphatic rings. The zero-order valence-electron chi connectivity index (χ0n) is 12.0. The summed E-state index contributed by atoms with van der Waals surface area (Å²) < 4.78 is 4.74. The van der Waals surface area contributed by atoms with E-state index in [9.17, 15) is 19.8 Å². The van der Waals surface area contributed by atoms with Gasteiger partial charge in [0.05, 0.1) is 24.8 Å². The maximum atomic E-state index is 11.3. The number of ether oxygens (including phenoxy) is 1. The van der Waals surface area contributed by atoms with Gasteiger partial charge in [0.25, 0.3) is 0 Å². The molecule has 0 saturated heterocycles. The lowest BCUT2D eigenvalue weighted by atomic mass is 10.0. The van der Waals surface area contributed by atoms with Gasteiger partial charge < -0.3 is 19.9 Å². The van der Waals surface area contributed by atoms with Crippen molar-refractivity contribution in [2.45, 2.75) is 25.6 Å². The lowest BCUT2D eigenvalue weighted by Crippen LogP contribution is -2.23. The van der Waals surface area contributed by atoms with Crippen molar-refractivity contribution in [3.63, 3.8) is 0 Å². The maximum Gasteiger partial charge on any atom is 0.308 e. The van der Waals surface area contributed by atoms with Crippen LogP contribution in [0.25, 0.3) is 11.3 Å². The van der Waals surface area contributed by atoms with E-state index >= 15 is 0 Å². The molecule has 1 aromatic heterocycles.